The molecule has 5 nitrogen and oxygen atoms in total. The van der Waals surface area contributed by atoms with Gasteiger partial charge in [-0.15, -0.1) is 11.3 Å². The summed E-state index contributed by atoms with van der Waals surface area (Å²) in [5.74, 6) is 1.01. The molecule has 3 aromatic rings. The van der Waals surface area contributed by atoms with E-state index in [0.29, 0.717) is 23.7 Å². The van der Waals surface area contributed by atoms with Crippen LogP contribution in [0.25, 0.3) is 0 Å². The monoisotopic (exact) mass is 339 g/mol. The molecule has 0 aliphatic heterocycles. The van der Waals surface area contributed by atoms with Crippen LogP contribution in [0.5, 0.6) is 11.6 Å². The summed E-state index contributed by atoms with van der Waals surface area (Å²) in [6.07, 6.45) is 2.24. The van der Waals surface area contributed by atoms with Crippen LogP contribution in [-0.4, -0.2) is 22.4 Å². The molecule has 0 unspecified atom stereocenters. The van der Waals surface area contributed by atoms with E-state index in [9.17, 15) is 4.79 Å². The summed E-state index contributed by atoms with van der Waals surface area (Å²) >= 11 is 1.61. The zero-order valence-electron chi connectivity index (χ0n) is 13.2. The summed E-state index contributed by atoms with van der Waals surface area (Å²) in [7, 11) is 0. The molecule has 24 heavy (non-hydrogen) atoms. The van der Waals surface area contributed by atoms with Crippen molar-refractivity contribution in [2.75, 3.05) is 6.54 Å². The molecule has 1 aromatic carbocycles. The maximum atomic E-state index is 12.1. The third-order valence-corrected chi connectivity index (χ3v) is 4.12. The number of thiazole rings is 1. The van der Waals surface area contributed by atoms with Crippen LogP contribution in [0, 0.1) is 6.92 Å². The minimum Gasteiger partial charge on any atom is -0.439 e. The Bertz CT molecular complexity index is 801. The number of pyridine rings is 1. The van der Waals surface area contributed by atoms with Crippen molar-refractivity contribution >= 4 is 17.2 Å². The maximum Gasteiger partial charge on any atom is 0.252 e. The minimum atomic E-state index is -0.152. The SMILES string of the molecule is Cc1nc(CCNC(=O)c2ccc(Oc3ccccc3)nc2)cs1. The Morgan fingerprint density at radius 1 is 1.21 bits per heavy atom. The number of benzene rings is 1. The quantitative estimate of drug-likeness (QED) is 0.745. The lowest BCUT2D eigenvalue weighted by molar-refractivity contribution is 0.0953. The Balaban J connectivity index is 1.52. The fraction of sp³-hybridized carbons (Fsp3) is 0.167. The lowest BCUT2D eigenvalue weighted by atomic mass is 10.2. The van der Waals surface area contributed by atoms with E-state index in [1.54, 1.807) is 23.5 Å². The highest BCUT2D eigenvalue weighted by atomic mass is 32.1. The second-order valence-electron chi connectivity index (χ2n) is 5.16. The van der Waals surface area contributed by atoms with Crippen molar-refractivity contribution in [2.45, 2.75) is 13.3 Å². The molecule has 0 saturated heterocycles. The molecule has 0 fully saturated rings. The fourth-order valence-electron chi connectivity index (χ4n) is 2.11. The van der Waals surface area contributed by atoms with Gasteiger partial charge in [0.1, 0.15) is 5.75 Å². The molecule has 0 radical (unpaired) electrons. The van der Waals surface area contributed by atoms with Crippen LogP contribution in [0.4, 0.5) is 0 Å². The average molecular weight is 339 g/mol. The first-order valence-corrected chi connectivity index (χ1v) is 8.47. The standard InChI is InChI=1S/C18H17N3O2S/c1-13-21-15(12-24-13)9-10-19-18(22)14-7-8-17(20-11-14)23-16-5-3-2-4-6-16/h2-8,11-12H,9-10H2,1H3,(H,19,22). The second-order valence-corrected chi connectivity index (χ2v) is 6.23. The summed E-state index contributed by atoms with van der Waals surface area (Å²) in [4.78, 5) is 20.6. The number of hydrogen-bond acceptors (Lipinski definition) is 5. The number of hydrogen-bond donors (Lipinski definition) is 1. The highest BCUT2D eigenvalue weighted by Gasteiger charge is 2.07. The summed E-state index contributed by atoms with van der Waals surface area (Å²) < 4.78 is 5.60. The number of para-hydroxylation sites is 1. The number of aryl methyl sites for hydroxylation is 1. The highest BCUT2D eigenvalue weighted by Crippen LogP contribution is 2.18. The first-order valence-electron chi connectivity index (χ1n) is 7.59. The number of aromatic nitrogens is 2. The van der Waals surface area contributed by atoms with Crippen molar-refractivity contribution in [1.29, 1.82) is 0 Å². The van der Waals surface area contributed by atoms with E-state index in [0.717, 1.165) is 17.1 Å². The molecule has 1 amide bonds. The van der Waals surface area contributed by atoms with Crippen molar-refractivity contribution in [2.24, 2.45) is 0 Å². The summed E-state index contributed by atoms with van der Waals surface area (Å²) in [5.41, 5.74) is 1.51. The van der Waals surface area contributed by atoms with E-state index in [2.05, 4.69) is 15.3 Å². The van der Waals surface area contributed by atoms with Gasteiger partial charge in [-0.25, -0.2) is 9.97 Å². The van der Waals surface area contributed by atoms with Crippen molar-refractivity contribution in [3.8, 4) is 11.6 Å². The predicted octanol–water partition coefficient (Wildman–Crippen LogP) is 3.61. The van der Waals surface area contributed by atoms with Gasteiger partial charge in [-0.1, -0.05) is 18.2 Å². The van der Waals surface area contributed by atoms with Crippen LogP contribution in [0.1, 0.15) is 21.1 Å². The number of carbonyl (C=O) groups excluding carboxylic acids is 1. The summed E-state index contributed by atoms with van der Waals surface area (Å²) in [6.45, 7) is 2.52. The largest absolute Gasteiger partial charge is 0.439 e. The van der Waals surface area contributed by atoms with Crippen LogP contribution in [0.3, 0.4) is 0 Å². The van der Waals surface area contributed by atoms with Gasteiger partial charge >= 0.3 is 0 Å². The zero-order chi connectivity index (χ0) is 16.8. The van der Waals surface area contributed by atoms with Crippen LogP contribution < -0.4 is 10.1 Å². The third kappa shape index (κ3) is 4.39. The molecular formula is C18H17N3O2S. The molecule has 0 spiro atoms. The molecule has 6 heteroatoms. The van der Waals surface area contributed by atoms with Gasteiger partial charge in [-0.05, 0) is 25.1 Å². The Morgan fingerprint density at radius 2 is 2.04 bits per heavy atom. The Labute approximate surface area is 144 Å². The molecule has 122 valence electrons. The third-order valence-electron chi connectivity index (χ3n) is 3.30. The number of nitrogens with zero attached hydrogens (tertiary/aromatic N) is 2. The molecule has 0 atom stereocenters. The first kappa shape index (κ1) is 16.1. The number of nitrogens with one attached hydrogen (secondary N) is 1. The van der Waals surface area contributed by atoms with E-state index in [4.69, 9.17) is 4.74 Å². The van der Waals surface area contributed by atoms with Gasteiger partial charge in [0.2, 0.25) is 5.88 Å². The normalized spacial score (nSPS) is 10.4. The molecular weight excluding hydrogens is 322 g/mol. The highest BCUT2D eigenvalue weighted by molar-refractivity contribution is 7.09. The van der Waals surface area contributed by atoms with Gasteiger partial charge < -0.3 is 10.1 Å². The van der Waals surface area contributed by atoms with E-state index in [1.165, 1.54) is 6.20 Å². The van der Waals surface area contributed by atoms with Crippen LogP contribution in [-0.2, 0) is 6.42 Å². The van der Waals surface area contributed by atoms with Crippen LogP contribution >= 0.6 is 11.3 Å². The van der Waals surface area contributed by atoms with Crippen molar-refractivity contribution in [1.82, 2.24) is 15.3 Å². The molecule has 2 heterocycles. The smallest absolute Gasteiger partial charge is 0.252 e. The van der Waals surface area contributed by atoms with Crippen LogP contribution in [0.15, 0.2) is 54.0 Å². The summed E-state index contributed by atoms with van der Waals surface area (Å²) in [6, 6.07) is 12.8. The molecule has 2 aromatic heterocycles. The summed E-state index contributed by atoms with van der Waals surface area (Å²) in [5, 5.41) is 5.92. The minimum absolute atomic E-state index is 0.152. The molecule has 0 saturated carbocycles. The van der Waals surface area contributed by atoms with Crippen molar-refractivity contribution in [3.63, 3.8) is 0 Å². The number of ether oxygens (including phenoxy) is 1. The molecule has 3 rings (SSSR count). The second kappa shape index (κ2) is 7.70. The van der Waals surface area contributed by atoms with Gasteiger partial charge in [0.05, 0.1) is 16.3 Å². The van der Waals surface area contributed by atoms with Gasteiger partial charge in [0.15, 0.2) is 0 Å². The van der Waals surface area contributed by atoms with Crippen LogP contribution in [0.2, 0.25) is 0 Å². The van der Waals surface area contributed by atoms with E-state index in [-0.39, 0.29) is 5.91 Å². The number of rotatable bonds is 6. The zero-order valence-corrected chi connectivity index (χ0v) is 14.0. The maximum absolute atomic E-state index is 12.1. The molecule has 0 aliphatic carbocycles. The molecule has 0 aliphatic rings. The predicted molar refractivity (Wildman–Crippen MR) is 93.6 cm³/mol. The van der Waals surface area contributed by atoms with Gasteiger partial charge in [-0.3, -0.25) is 4.79 Å². The first-order chi connectivity index (χ1) is 11.7. The van der Waals surface area contributed by atoms with Gasteiger partial charge in [0.25, 0.3) is 5.91 Å². The van der Waals surface area contributed by atoms with E-state index >= 15 is 0 Å². The van der Waals surface area contributed by atoms with Crippen molar-refractivity contribution in [3.05, 3.63) is 70.3 Å². The Hall–Kier alpha value is -2.73. The lowest BCUT2D eigenvalue weighted by Crippen LogP contribution is -2.25. The van der Waals surface area contributed by atoms with E-state index < -0.39 is 0 Å². The topological polar surface area (TPSA) is 64.1 Å². The Morgan fingerprint density at radius 3 is 2.71 bits per heavy atom. The molecule has 1 N–H and O–H groups in total. The van der Waals surface area contributed by atoms with Gasteiger partial charge in [0, 0.05) is 30.6 Å². The molecule has 0 bridgehead atoms. The lowest BCUT2D eigenvalue weighted by Gasteiger charge is -2.06. The average Bonchev–Trinajstić information content (AvgIpc) is 3.02. The van der Waals surface area contributed by atoms with E-state index in [1.807, 2.05) is 42.6 Å². The number of carbonyl (C=O) groups is 1. The van der Waals surface area contributed by atoms with Gasteiger partial charge in [-0.2, -0.15) is 0 Å². The Kier molecular flexibility index (Phi) is 5.18. The fourth-order valence-corrected chi connectivity index (χ4v) is 2.76. The van der Waals surface area contributed by atoms with Crippen molar-refractivity contribution < 1.29 is 9.53 Å². The number of amides is 1.